The molecule has 0 radical (unpaired) electrons. The van der Waals surface area contributed by atoms with Gasteiger partial charge in [-0.3, -0.25) is 0 Å². The second kappa shape index (κ2) is 4.49. The van der Waals surface area contributed by atoms with Gasteiger partial charge in [-0.2, -0.15) is 0 Å². The molecule has 1 heterocycles. The van der Waals surface area contributed by atoms with E-state index in [-0.39, 0.29) is 5.82 Å². The Hall–Kier alpha value is -1.35. The van der Waals surface area contributed by atoms with Crippen molar-refractivity contribution in [1.82, 2.24) is 5.32 Å². The van der Waals surface area contributed by atoms with Gasteiger partial charge >= 0.3 is 0 Å². The molecule has 3 heteroatoms. The van der Waals surface area contributed by atoms with Gasteiger partial charge in [0.05, 0.1) is 6.54 Å². The molecule has 0 amide bonds. The molecule has 0 unspecified atom stereocenters. The van der Waals surface area contributed by atoms with Crippen molar-refractivity contribution in [2.24, 2.45) is 0 Å². The van der Waals surface area contributed by atoms with Crippen LogP contribution < -0.4 is 5.32 Å². The van der Waals surface area contributed by atoms with E-state index in [0.29, 0.717) is 6.04 Å². The monoisotopic (exact) mass is 233 g/mol. The van der Waals surface area contributed by atoms with Gasteiger partial charge in [-0.1, -0.05) is 12.8 Å². The summed E-state index contributed by atoms with van der Waals surface area (Å²) >= 11 is 0. The van der Waals surface area contributed by atoms with E-state index in [4.69, 9.17) is 4.42 Å². The molecule has 2 nitrogen and oxygen atoms in total. The van der Waals surface area contributed by atoms with Crippen LogP contribution in [0.3, 0.4) is 0 Å². The lowest BCUT2D eigenvalue weighted by Gasteiger charge is -2.09. The fourth-order valence-corrected chi connectivity index (χ4v) is 2.53. The Morgan fingerprint density at radius 1 is 1.24 bits per heavy atom. The molecule has 2 aromatic rings. The molecule has 0 bridgehead atoms. The van der Waals surface area contributed by atoms with Crippen LogP contribution in [0.2, 0.25) is 0 Å². The summed E-state index contributed by atoms with van der Waals surface area (Å²) < 4.78 is 18.7. The first-order valence-corrected chi connectivity index (χ1v) is 6.22. The second-order valence-corrected chi connectivity index (χ2v) is 4.76. The maximum Gasteiger partial charge on any atom is 0.134 e. The molecule has 1 aliphatic carbocycles. The molecule has 1 saturated carbocycles. The normalized spacial score (nSPS) is 17.0. The Morgan fingerprint density at radius 3 is 2.88 bits per heavy atom. The minimum absolute atomic E-state index is 0.214. The molecule has 0 atom stereocenters. The van der Waals surface area contributed by atoms with Gasteiger partial charge in [0.1, 0.15) is 17.2 Å². The molecule has 1 fully saturated rings. The van der Waals surface area contributed by atoms with Crippen LogP contribution in [0, 0.1) is 5.82 Å². The third-order valence-electron chi connectivity index (χ3n) is 3.45. The zero-order valence-electron chi connectivity index (χ0n) is 9.71. The van der Waals surface area contributed by atoms with Crippen LogP contribution in [0.15, 0.2) is 28.7 Å². The second-order valence-electron chi connectivity index (χ2n) is 4.76. The number of fused-ring (bicyclic) bond motifs is 1. The summed E-state index contributed by atoms with van der Waals surface area (Å²) in [6, 6.07) is 7.17. The molecular formula is C14H16FNO. The lowest BCUT2D eigenvalue weighted by molar-refractivity contribution is 0.462. The predicted molar refractivity (Wildman–Crippen MR) is 65.3 cm³/mol. The van der Waals surface area contributed by atoms with Crippen molar-refractivity contribution in [2.45, 2.75) is 38.3 Å². The highest BCUT2D eigenvalue weighted by atomic mass is 19.1. The largest absolute Gasteiger partial charge is 0.460 e. The van der Waals surface area contributed by atoms with Crippen molar-refractivity contribution in [2.75, 3.05) is 0 Å². The number of hydrogen-bond donors (Lipinski definition) is 1. The maximum absolute atomic E-state index is 13.0. The number of hydrogen-bond acceptors (Lipinski definition) is 2. The SMILES string of the molecule is Fc1ccc2oc(CNC3CCCC3)cc2c1. The third-order valence-corrected chi connectivity index (χ3v) is 3.45. The summed E-state index contributed by atoms with van der Waals surface area (Å²) in [7, 11) is 0. The Bertz CT molecular complexity index is 514. The predicted octanol–water partition coefficient (Wildman–Crippen LogP) is 3.60. The number of furan rings is 1. The van der Waals surface area contributed by atoms with E-state index in [0.717, 1.165) is 23.3 Å². The highest BCUT2D eigenvalue weighted by Crippen LogP contribution is 2.22. The summed E-state index contributed by atoms with van der Waals surface area (Å²) in [5.41, 5.74) is 0.759. The fraction of sp³-hybridized carbons (Fsp3) is 0.429. The number of rotatable bonds is 3. The molecule has 1 aliphatic rings. The number of nitrogens with one attached hydrogen (secondary N) is 1. The summed E-state index contributed by atoms with van der Waals surface area (Å²) in [4.78, 5) is 0. The third kappa shape index (κ3) is 2.34. The molecule has 90 valence electrons. The van der Waals surface area contributed by atoms with Crippen molar-refractivity contribution in [3.63, 3.8) is 0 Å². The number of benzene rings is 1. The van der Waals surface area contributed by atoms with Crippen LogP contribution in [0.5, 0.6) is 0 Å². The van der Waals surface area contributed by atoms with Crippen molar-refractivity contribution in [1.29, 1.82) is 0 Å². The summed E-state index contributed by atoms with van der Waals surface area (Å²) in [5.74, 6) is 0.672. The Labute approximate surface area is 99.8 Å². The Kier molecular flexibility index (Phi) is 2.85. The maximum atomic E-state index is 13.0. The van der Waals surface area contributed by atoms with E-state index < -0.39 is 0 Å². The van der Waals surface area contributed by atoms with Crippen LogP contribution in [0.4, 0.5) is 4.39 Å². The fourth-order valence-electron chi connectivity index (χ4n) is 2.53. The zero-order chi connectivity index (χ0) is 11.7. The zero-order valence-corrected chi connectivity index (χ0v) is 9.71. The summed E-state index contributed by atoms with van der Waals surface area (Å²) in [6.07, 6.45) is 5.16. The Balaban J connectivity index is 1.72. The number of halogens is 1. The molecule has 1 N–H and O–H groups in total. The average molecular weight is 233 g/mol. The van der Waals surface area contributed by atoms with E-state index in [9.17, 15) is 4.39 Å². The average Bonchev–Trinajstić information content (AvgIpc) is 2.94. The van der Waals surface area contributed by atoms with Gasteiger partial charge in [-0.05, 0) is 37.1 Å². The van der Waals surface area contributed by atoms with Crippen molar-refractivity contribution in [3.05, 3.63) is 35.8 Å². The topological polar surface area (TPSA) is 25.2 Å². The highest BCUT2D eigenvalue weighted by molar-refractivity contribution is 5.77. The molecule has 1 aromatic carbocycles. The van der Waals surface area contributed by atoms with Gasteiger partial charge in [-0.25, -0.2) is 4.39 Å². The first-order chi connectivity index (χ1) is 8.31. The first-order valence-electron chi connectivity index (χ1n) is 6.22. The van der Waals surface area contributed by atoms with Crippen LogP contribution in [0.1, 0.15) is 31.4 Å². The lowest BCUT2D eigenvalue weighted by atomic mass is 10.2. The molecule has 0 spiro atoms. The van der Waals surface area contributed by atoms with Crippen molar-refractivity contribution < 1.29 is 8.81 Å². The van der Waals surface area contributed by atoms with E-state index >= 15 is 0 Å². The van der Waals surface area contributed by atoms with Crippen molar-refractivity contribution >= 4 is 11.0 Å². The van der Waals surface area contributed by atoms with Gasteiger partial charge in [0.2, 0.25) is 0 Å². The molecule has 1 aromatic heterocycles. The smallest absolute Gasteiger partial charge is 0.134 e. The van der Waals surface area contributed by atoms with E-state index in [2.05, 4.69) is 5.32 Å². The minimum Gasteiger partial charge on any atom is -0.460 e. The van der Waals surface area contributed by atoms with E-state index in [1.165, 1.54) is 37.8 Å². The van der Waals surface area contributed by atoms with E-state index in [1.54, 1.807) is 6.07 Å². The summed E-state index contributed by atoms with van der Waals surface area (Å²) in [5, 5.41) is 4.33. The van der Waals surface area contributed by atoms with Crippen LogP contribution in [-0.2, 0) is 6.54 Å². The van der Waals surface area contributed by atoms with Crippen molar-refractivity contribution in [3.8, 4) is 0 Å². The summed E-state index contributed by atoms with van der Waals surface area (Å²) in [6.45, 7) is 0.737. The molecule has 0 saturated heterocycles. The van der Waals surface area contributed by atoms with Gasteiger partial charge in [0, 0.05) is 11.4 Å². The highest BCUT2D eigenvalue weighted by Gasteiger charge is 2.14. The molecule has 3 rings (SSSR count). The molecule has 17 heavy (non-hydrogen) atoms. The standard InChI is InChI=1S/C14H16FNO/c15-11-5-6-14-10(7-11)8-13(17-14)9-16-12-3-1-2-4-12/h5-8,12,16H,1-4,9H2. The van der Waals surface area contributed by atoms with Gasteiger partial charge in [0.25, 0.3) is 0 Å². The Morgan fingerprint density at radius 2 is 2.06 bits per heavy atom. The quantitative estimate of drug-likeness (QED) is 0.876. The van der Waals surface area contributed by atoms with Gasteiger partial charge in [-0.15, -0.1) is 0 Å². The van der Waals surface area contributed by atoms with Crippen LogP contribution >= 0.6 is 0 Å². The minimum atomic E-state index is -0.214. The van der Waals surface area contributed by atoms with Gasteiger partial charge in [0.15, 0.2) is 0 Å². The molecular weight excluding hydrogens is 217 g/mol. The first kappa shape index (κ1) is 10.8. The van der Waals surface area contributed by atoms with Crippen LogP contribution in [-0.4, -0.2) is 6.04 Å². The van der Waals surface area contributed by atoms with Gasteiger partial charge < -0.3 is 9.73 Å². The van der Waals surface area contributed by atoms with Crippen LogP contribution in [0.25, 0.3) is 11.0 Å². The van der Waals surface area contributed by atoms with E-state index in [1.807, 2.05) is 6.07 Å². The molecule has 0 aliphatic heterocycles. The lowest BCUT2D eigenvalue weighted by Crippen LogP contribution is -2.24.